The van der Waals surface area contributed by atoms with Gasteiger partial charge in [0.2, 0.25) is 0 Å². The van der Waals surface area contributed by atoms with E-state index >= 15 is 0 Å². The lowest BCUT2D eigenvalue weighted by atomic mass is 9.85. The average molecular weight is 546 g/mol. The number of fused-ring (bicyclic) bond motifs is 4. The molecule has 5 rings (SSSR count). The fourth-order valence-corrected chi connectivity index (χ4v) is 5.11. The van der Waals surface area contributed by atoms with Crippen LogP contribution in [0.5, 0.6) is 5.75 Å². The van der Waals surface area contributed by atoms with E-state index in [1.54, 1.807) is 18.2 Å². The van der Waals surface area contributed by atoms with Crippen LogP contribution in [0.3, 0.4) is 0 Å². The molecule has 210 valence electrons. The summed E-state index contributed by atoms with van der Waals surface area (Å²) in [6.07, 6.45) is -1.04. The van der Waals surface area contributed by atoms with Crippen LogP contribution >= 0.6 is 0 Å². The summed E-state index contributed by atoms with van der Waals surface area (Å²) in [5, 5.41) is 2.33. The molecule has 2 bridgehead atoms. The molecule has 2 aliphatic rings. The first-order valence-corrected chi connectivity index (χ1v) is 13.5. The van der Waals surface area contributed by atoms with Crippen molar-refractivity contribution in [3.05, 3.63) is 71.3 Å². The van der Waals surface area contributed by atoms with Gasteiger partial charge in [-0.15, -0.1) is 0 Å². The molecule has 3 aromatic rings. The lowest BCUT2D eigenvalue weighted by Gasteiger charge is -2.29. The maximum atomic E-state index is 14.1. The zero-order valence-electron chi connectivity index (χ0n) is 23.4. The number of carbonyl (C=O) groups excluding carboxylic acids is 3. The zero-order valence-corrected chi connectivity index (χ0v) is 23.4. The molecular formula is C31H35N3O6. The predicted molar refractivity (Wildman–Crippen MR) is 152 cm³/mol. The van der Waals surface area contributed by atoms with Gasteiger partial charge in [0.25, 0.3) is 11.7 Å². The van der Waals surface area contributed by atoms with Gasteiger partial charge in [0.05, 0.1) is 13.2 Å². The molecule has 0 saturated carbocycles. The Labute approximate surface area is 233 Å². The van der Waals surface area contributed by atoms with Crippen LogP contribution in [0.1, 0.15) is 48.4 Å². The quantitative estimate of drug-likeness (QED) is 0.451. The third-order valence-electron chi connectivity index (χ3n) is 7.37. The number of ketones is 1. The minimum atomic E-state index is -1.04. The van der Waals surface area contributed by atoms with Gasteiger partial charge in [-0.25, -0.2) is 5.01 Å². The number of rotatable bonds is 7. The van der Waals surface area contributed by atoms with Gasteiger partial charge in [-0.3, -0.25) is 24.7 Å². The van der Waals surface area contributed by atoms with E-state index < -0.39 is 23.7 Å². The van der Waals surface area contributed by atoms with Crippen molar-refractivity contribution in [1.82, 2.24) is 10.3 Å². The largest absolute Gasteiger partial charge is 0.489 e. The van der Waals surface area contributed by atoms with Crippen LogP contribution in [0.25, 0.3) is 10.8 Å². The van der Waals surface area contributed by atoms with Crippen molar-refractivity contribution in [2.75, 3.05) is 51.6 Å². The van der Waals surface area contributed by atoms with Crippen LogP contribution in [0.2, 0.25) is 0 Å². The Bertz CT molecular complexity index is 1440. The summed E-state index contributed by atoms with van der Waals surface area (Å²) in [4.78, 5) is 42.5. The van der Waals surface area contributed by atoms with Crippen molar-refractivity contribution < 1.29 is 28.6 Å². The molecule has 40 heavy (non-hydrogen) atoms. The van der Waals surface area contributed by atoms with E-state index in [9.17, 15) is 14.4 Å². The molecule has 2 aliphatic heterocycles. The van der Waals surface area contributed by atoms with E-state index in [4.69, 9.17) is 14.2 Å². The number of hydrogen-bond donors (Lipinski definition) is 1. The summed E-state index contributed by atoms with van der Waals surface area (Å²) in [7, 11) is 1.45. The predicted octanol–water partition coefficient (Wildman–Crippen LogP) is 3.80. The fraction of sp³-hybridized carbons (Fsp3) is 0.387. The summed E-state index contributed by atoms with van der Waals surface area (Å²) < 4.78 is 17.5. The van der Waals surface area contributed by atoms with Gasteiger partial charge in [-0.1, -0.05) is 69.3 Å². The van der Waals surface area contributed by atoms with Crippen LogP contribution in [0.4, 0.5) is 5.69 Å². The molecule has 0 aliphatic carbocycles. The Morgan fingerprint density at radius 1 is 1.02 bits per heavy atom. The first-order valence-electron chi connectivity index (χ1n) is 13.5. The molecule has 2 heterocycles. The second-order valence-corrected chi connectivity index (χ2v) is 11.1. The Hall–Kier alpha value is -3.79. The van der Waals surface area contributed by atoms with Gasteiger partial charge in [-0.05, 0) is 28.0 Å². The average Bonchev–Trinajstić information content (AvgIpc) is 3.06. The molecule has 1 fully saturated rings. The highest BCUT2D eigenvalue weighted by Crippen LogP contribution is 2.41. The number of benzene rings is 3. The van der Waals surface area contributed by atoms with Crippen LogP contribution in [-0.4, -0.2) is 69.1 Å². The van der Waals surface area contributed by atoms with Crippen molar-refractivity contribution in [3.63, 3.8) is 0 Å². The summed E-state index contributed by atoms with van der Waals surface area (Å²) in [6.45, 7) is 10.3. The molecule has 1 N–H and O–H groups in total. The van der Waals surface area contributed by atoms with E-state index in [0.717, 1.165) is 23.7 Å². The van der Waals surface area contributed by atoms with Crippen molar-refractivity contribution >= 4 is 34.1 Å². The van der Waals surface area contributed by atoms with E-state index in [-0.39, 0.29) is 16.7 Å². The number of Topliss-reactive ketones (excluding diaryl/α,β-unsaturated/α-hetero) is 1. The molecule has 1 unspecified atom stereocenters. The van der Waals surface area contributed by atoms with Gasteiger partial charge < -0.3 is 14.2 Å². The number of methoxy groups -OCH3 is 1. The SMILES string of the molecule is COC(C(=O)N1NC(=O)C(=O)c2cc1c(OCCN1CCOCC1)c1ccccc21)c1cccc(C(C)(C)C)c1. The van der Waals surface area contributed by atoms with E-state index in [1.165, 1.54) is 7.11 Å². The first kappa shape index (κ1) is 27.8. The van der Waals surface area contributed by atoms with Crippen molar-refractivity contribution in [1.29, 1.82) is 0 Å². The molecule has 3 aromatic carbocycles. The Balaban J connectivity index is 1.56. The monoisotopic (exact) mass is 545 g/mol. The van der Waals surface area contributed by atoms with Crippen LogP contribution in [0.15, 0.2) is 54.6 Å². The van der Waals surface area contributed by atoms with Gasteiger partial charge in [0.15, 0.2) is 11.9 Å². The third-order valence-corrected chi connectivity index (χ3v) is 7.37. The highest BCUT2D eigenvalue weighted by molar-refractivity contribution is 6.46. The van der Waals surface area contributed by atoms with Gasteiger partial charge in [0.1, 0.15) is 12.3 Å². The second-order valence-electron chi connectivity index (χ2n) is 11.1. The number of amides is 2. The number of carbonyl (C=O) groups is 3. The molecule has 1 atom stereocenters. The fourth-order valence-electron chi connectivity index (χ4n) is 5.11. The number of hydrazine groups is 1. The van der Waals surface area contributed by atoms with Crippen molar-refractivity contribution in [3.8, 4) is 5.75 Å². The number of hydrogen-bond acceptors (Lipinski definition) is 7. The van der Waals surface area contributed by atoms with E-state index in [0.29, 0.717) is 48.5 Å². The molecule has 0 aromatic heterocycles. The molecule has 0 radical (unpaired) electrons. The maximum Gasteiger partial charge on any atom is 0.311 e. The van der Waals surface area contributed by atoms with Gasteiger partial charge >= 0.3 is 5.91 Å². The second kappa shape index (κ2) is 11.4. The molecule has 1 saturated heterocycles. The molecule has 2 amide bonds. The molecule has 0 spiro atoms. The number of nitrogens with one attached hydrogen (secondary N) is 1. The number of anilines is 1. The zero-order chi connectivity index (χ0) is 28.4. The van der Waals surface area contributed by atoms with Crippen molar-refractivity contribution in [2.45, 2.75) is 32.3 Å². The lowest BCUT2D eigenvalue weighted by molar-refractivity contribution is -0.131. The minimum absolute atomic E-state index is 0.144. The maximum absolute atomic E-state index is 14.1. The standard InChI is InChI=1S/C31H35N3O6/c1-31(2,3)21-9-7-8-20(18-21)27(38-4)30(37)34-25-19-24(26(35)29(36)32-34)22-10-5-6-11-23(22)28(25)40-17-14-33-12-15-39-16-13-33/h5-11,18-19,27H,12-17H2,1-4H3,(H,32,36). The van der Waals surface area contributed by atoms with Crippen molar-refractivity contribution in [2.24, 2.45) is 0 Å². The molecule has 9 heteroatoms. The van der Waals surface area contributed by atoms with Crippen LogP contribution < -0.4 is 15.2 Å². The Morgan fingerprint density at radius 2 is 1.75 bits per heavy atom. The third kappa shape index (κ3) is 5.45. The topological polar surface area (TPSA) is 97.4 Å². The summed E-state index contributed by atoms with van der Waals surface area (Å²) in [5.41, 5.74) is 4.56. The highest BCUT2D eigenvalue weighted by atomic mass is 16.5. The van der Waals surface area contributed by atoms with Crippen LogP contribution in [0, 0.1) is 0 Å². The summed E-state index contributed by atoms with van der Waals surface area (Å²) in [6, 6.07) is 16.4. The van der Waals surface area contributed by atoms with Gasteiger partial charge in [0, 0.05) is 37.7 Å². The Morgan fingerprint density at radius 3 is 2.45 bits per heavy atom. The number of ether oxygens (including phenoxy) is 3. The summed E-state index contributed by atoms with van der Waals surface area (Å²) in [5.74, 6) is -1.77. The minimum Gasteiger partial charge on any atom is -0.489 e. The number of morpholine rings is 1. The number of nitrogens with zero attached hydrogens (tertiary/aromatic N) is 2. The normalized spacial score (nSPS) is 16.9. The lowest BCUT2D eigenvalue weighted by Crippen LogP contribution is -2.50. The highest BCUT2D eigenvalue weighted by Gasteiger charge is 2.37. The van der Waals surface area contributed by atoms with Gasteiger partial charge in [-0.2, -0.15) is 0 Å². The Kier molecular flexibility index (Phi) is 7.89. The molecular weight excluding hydrogens is 510 g/mol. The first-order chi connectivity index (χ1) is 19.2. The molecule has 9 nitrogen and oxygen atoms in total. The van der Waals surface area contributed by atoms with E-state index in [2.05, 4.69) is 31.1 Å². The van der Waals surface area contributed by atoms with E-state index in [1.807, 2.05) is 36.4 Å². The summed E-state index contributed by atoms with van der Waals surface area (Å²) >= 11 is 0. The smallest absolute Gasteiger partial charge is 0.311 e. The van der Waals surface area contributed by atoms with Crippen LogP contribution in [-0.2, 0) is 24.5 Å².